The molecule has 1 saturated heterocycles. The van der Waals surface area contributed by atoms with Gasteiger partial charge in [-0.3, -0.25) is 14.4 Å². The van der Waals surface area contributed by atoms with Crippen LogP contribution in [0.2, 0.25) is 0 Å². The van der Waals surface area contributed by atoms with Crippen molar-refractivity contribution in [2.75, 3.05) is 4.90 Å². The standard InChI is InChI=1S/C22H27NO4/c1-2-3-4-5-9-18(24)27-17-8-6-7-16(13-17)23-21(25)19-14-10-11-15(12-14)20(19)22(23)26/h6-8,13-15,19-20H,2-5,9-12H2,1H3. The summed E-state index contributed by atoms with van der Waals surface area (Å²) < 4.78 is 5.43. The molecule has 5 nitrogen and oxygen atoms in total. The molecule has 4 unspecified atom stereocenters. The van der Waals surface area contributed by atoms with E-state index in [-0.39, 0.29) is 29.6 Å². The predicted molar refractivity (Wildman–Crippen MR) is 101 cm³/mol. The van der Waals surface area contributed by atoms with Gasteiger partial charge in [0.2, 0.25) is 11.8 Å². The minimum atomic E-state index is -0.266. The topological polar surface area (TPSA) is 63.7 Å². The SMILES string of the molecule is CCCCCCC(=O)Oc1cccc(N2C(=O)C3C4CCC(C4)C3C2=O)c1. The molecule has 0 aromatic heterocycles. The lowest BCUT2D eigenvalue weighted by Gasteiger charge is -2.19. The average molecular weight is 369 g/mol. The fourth-order valence-corrected chi connectivity index (χ4v) is 5.23. The summed E-state index contributed by atoms with van der Waals surface area (Å²) in [4.78, 5) is 39.2. The highest BCUT2D eigenvalue weighted by Gasteiger charge is 2.61. The van der Waals surface area contributed by atoms with Crippen LogP contribution in [0.15, 0.2) is 24.3 Å². The molecule has 4 rings (SSSR count). The number of imide groups is 1. The van der Waals surface area contributed by atoms with Gasteiger partial charge < -0.3 is 4.74 Å². The zero-order valence-corrected chi connectivity index (χ0v) is 15.9. The maximum absolute atomic E-state index is 12.9. The van der Waals surface area contributed by atoms with E-state index >= 15 is 0 Å². The van der Waals surface area contributed by atoms with E-state index in [4.69, 9.17) is 4.74 Å². The molecule has 0 radical (unpaired) electrons. The first-order chi connectivity index (χ1) is 13.1. The first-order valence-electron chi connectivity index (χ1n) is 10.3. The summed E-state index contributed by atoms with van der Waals surface area (Å²) >= 11 is 0. The van der Waals surface area contributed by atoms with Gasteiger partial charge in [0, 0.05) is 12.5 Å². The number of anilines is 1. The van der Waals surface area contributed by atoms with Crippen molar-refractivity contribution < 1.29 is 19.1 Å². The Morgan fingerprint density at radius 3 is 2.44 bits per heavy atom. The molecule has 0 N–H and O–H groups in total. The van der Waals surface area contributed by atoms with Crippen LogP contribution in [0.3, 0.4) is 0 Å². The van der Waals surface area contributed by atoms with Crippen molar-refractivity contribution in [3.05, 3.63) is 24.3 Å². The number of rotatable bonds is 7. The molecule has 5 heteroatoms. The number of fused-ring (bicyclic) bond motifs is 5. The number of unbranched alkanes of at least 4 members (excludes halogenated alkanes) is 3. The van der Waals surface area contributed by atoms with Crippen molar-refractivity contribution >= 4 is 23.5 Å². The molecule has 3 fully saturated rings. The number of benzene rings is 1. The summed E-state index contributed by atoms with van der Waals surface area (Å²) in [5.74, 6) is 0.449. The molecule has 1 aromatic rings. The number of nitrogens with zero attached hydrogens (tertiary/aromatic N) is 1. The predicted octanol–water partition coefficient (Wildman–Crippen LogP) is 4.10. The Labute approximate surface area is 160 Å². The van der Waals surface area contributed by atoms with Gasteiger partial charge in [-0.25, -0.2) is 4.90 Å². The average Bonchev–Trinajstić information content (AvgIpc) is 3.33. The fourth-order valence-electron chi connectivity index (χ4n) is 5.23. The number of hydrogen-bond donors (Lipinski definition) is 0. The summed E-state index contributed by atoms with van der Waals surface area (Å²) in [6, 6.07) is 6.82. The van der Waals surface area contributed by atoms with Crippen LogP contribution in [0.5, 0.6) is 5.75 Å². The summed E-state index contributed by atoms with van der Waals surface area (Å²) in [7, 11) is 0. The van der Waals surface area contributed by atoms with Gasteiger partial charge in [-0.05, 0) is 49.7 Å². The van der Waals surface area contributed by atoms with Crippen LogP contribution in [0.1, 0.15) is 58.3 Å². The van der Waals surface area contributed by atoms with E-state index in [0.29, 0.717) is 29.7 Å². The molecule has 1 aromatic carbocycles. The molecule has 2 bridgehead atoms. The van der Waals surface area contributed by atoms with Crippen molar-refractivity contribution in [1.82, 2.24) is 0 Å². The molecule has 3 aliphatic rings. The van der Waals surface area contributed by atoms with Gasteiger partial charge in [0.15, 0.2) is 0 Å². The highest BCUT2D eigenvalue weighted by atomic mass is 16.5. The van der Waals surface area contributed by atoms with Gasteiger partial charge in [0.25, 0.3) is 0 Å². The number of esters is 1. The van der Waals surface area contributed by atoms with Gasteiger partial charge in [0.1, 0.15) is 5.75 Å². The van der Waals surface area contributed by atoms with Crippen LogP contribution in [0, 0.1) is 23.7 Å². The van der Waals surface area contributed by atoms with Crippen molar-refractivity contribution in [3.8, 4) is 5.75 Å². The number of hydrogen-bond acceptors (Lipinski definition) is 4. The molecule has 2 saturated carbocycles. The zero-order chi connectivity index (χ0) is 19.0. The Morgan fingerprint density at radius 1 is 1.07 bits per heavy atom. The molecular weight excluding hydrogens is 342 g/mol. The van der Waals surface area contributed by atoms with E-state index in [1.54, 1.807) is 24.3 Å². The van der Waals surface area contributed by atoms with E-state index in [0.717, 1.165) is 44.9 Å². The number of ether oxygens (including phenoxy) is 1. The van der Waals surface area contributed by atoms with Crippen molar-refractivity contribution in [1.29, 1.82) is 0 Å². The van der Waals surface area contributed by atoms with E-state index in [9.17, 15) is 14.4 Å². The van der Waals surface area contributed by atoms with E-state index < -0.39 is 0 Å². The summed E-state index contributed by atoms with van der Waals surface area (Å²) in [6.45, 7) is 2.13. The van der Waals surface area contributed by atoms with Crippen molar-refractivity contribution in [2.24, 2.45) is 23.7 Å². The Bertz CT molecular complexity index is 730. The highest BCUT2D eigenvalue weighted by Crippen LogP contribution is 2.56. The Balaban J connectivity index is 1.44. The molecule has 27 heavy (non-hydrogen) atoms. The Kier molecular flexibility index (Phi) is 5.02. The molecule has 2 aliphatic carbocycles. The van der Waals surface area contributed by atoms with Crippen LogP contribution >= 0.6 is 0 Å². The maximum Gasteiger partial charge on any atom is 0.311 e. The number of carbonyl (C=O) groups excluding carboxylic acids is 3. The van der Waals surface area contributed by atoms with Crippen LogP contribution in [0.25, 0.3) is 0 Å². The third kappa shape index (κ3) is 3.28. The van der Waals surface area contributed by atoms with Gasteiger partial charge in [-0.2, -0.15) is 0 Å². The second-order valence-electron chi connectivity index (χ2n) is 8.18. The fraction of sp³-hybridized carbons (Fsp3) is 0.591. The summed E-state index contributed by atoms with van der Waals surface area (Å²) in [5.41, 5.74) is 0.523. The molecule has 0 spiro atoms. The van der Waals surface area contributed by atoms with Crippen LogP contribution in [0.4, 0.5) is 5.69 Å². The van der Waals surface area contributed by atoms with Crippen LogP contribution < -0.4 is 9.64 Å². The highest BCUT2D eigenvalue weighted by molar-refractivity contribution is 6.22. The lowest BCUT2D eigenvalue weighted by Crippen LogP contribution is -2.32. The van der Waals surface area contributed by atoms with Gasteiger partial charge in [0.05, 0.1) is 17.5 Å². The molecule has 1 heterocycles. The summed E-state index contributed by atoms with van der Waals surface area (Å²) in [6.07, 6.45) is 7.62. The lowest BCUT2D eigenvalue weighted by atomic mass is 9.81. The second kappa shape index (κ2) is 7.45. The quantitative estimate of drug-likeness (QED) is 0.314. The molecule has 2 amide bonds. The normalized spacial score (nSPS) is 28.7. The van der Waals surface area contributed by atoms with Crippen molar-refractivity contribution in [2.45, 2.75) is 58.3 Å². The maximum atomic E-state index is 12.9. The first kappa shape index (κ1) is 18.2. The first-order valence-corrected chi connectivity index (χ1v) is 10.3. The Hall–Kier alpha value is -2.17. The van der Waals surface area contributed by atoms with Crippen LogP contribution in [-0.4, -0.2) is 17.8 Å². The minimum Gasteiger partial charge on any atom is -0.426 e. The molecule has 1 aliphatic heterocycles. The van der Waals surface area contributed by atoms with Crippen LogP contribution in [-0.2, 0) is 14.4 Å². The van der Waals surface area contributed by atoms with E-state index in [2.05, 4.69) is 6.92 Å². The smallest absolute Gasteiger partial charge is 0.311 e. The van der Waals surface area contributed by atoms with E-state index in [1.165, 1.54) is 4.90 Å². The minimum absolute atomic E-state index is 0.0692. The second-order valence-corrected chi connectivity index (χ2v) is 8.18. The third-order valence-corrected chi connectivity index (χ3v) is 6.47. The largest absolute Gasteiger partial charge is 0.426 e. The van der Waals surface area contributed by atoms with Crippen molar-refractivity contribution in [3.63, 3.8) is 0 Å². The number of amides is 2. The molecule has 144 valence electrons. The van der Waals surface area contributed by atoms with Gasteiger partial charge in [-0.15, -0.1) is 0 Å². The number of carbonyl (C=O) groups is 3. The monoisotopic (exact) mass is 369 g/mol. The Morgan fingerprint density at radius 2 is 1.78 bits per heavy atom. The molecule has 4 atom stereocenters. The third-order valence-electron chi connectivity index (χ3n) is 6.47. The summed E-state index contributed by atoms with van der Waals surface area (Å²) in [5, 5.41) is 0. The molecular formula is C22H27NO4. The zero-order valence-electron chi connectivity index (χ0n) is 15.9. The van der Waals surface area contributed by atoms with Gasteiger partial charge >= 0.3 is 5.97 Å². The lowest BCUT2D eigenvalue weighted by molar-refractivity contribution is -0.134. The van der Waals surface area contributed by atoms with Gasteiger partial charge in [-0.1, -0.05) is 32.3 Å². The van der Waals surface area contributed by atoms with E-state index in [1.807, 2.05) is 0 Å².